The number of anilines is 1. The molecule has 162 valence electrons. The minimum absolute atomic E-state index is 0.0105. The normalized spacial score (nSPS) is 17.6. The Morgan fingerprint density at radius 1 is 1.03 bits per heavy atom. The lowest BCUT2D eigenvalue weighted by atomic mass is 9.92. The molecule has 0 aromatic heterocycles. The first-order valence-electron chi connectivity index (χ1n) is 10.3. The third-order valence-electron chi connectivity index (χ3n) is 5.47. The maximum atomic E-state index is 13.2. The zero-order valence-electron chi connectivity index (χ0n) is 17.7. The number of nitrogens with zero attached hydrogens (tertiary/aromatic N) is 1. The van der Waals surface area contributed by atoms with Crippen molar-refractivity contribution in [3.05, 3.63) is 100 Å². The Hall–Kier alpha value is -3.57. The number of para-hydroxylation sites is 1. The van der Waals surface area contributed by atoms with Gasteiger partial charge in [-0.3, -0.25) is 14.5 Å². The molecule has 1 atom stereocenters. The number of Topliss-reactive ketones (excluding diaryl/α,β-unsaturated/α-hetero) is 1. The lowest BCUT2D eigenvalue weighted by molar-refractivity contribution is -0.132. The fourth-order valence-electron chi connectivity index (χ4n) is 3.96. The van der Waals surface area contributed by atoms with Crippen LogP contribution in [0.2, 0.25) is 5.02 Å². The molecule has 5 nitrogen and oxygen atoms in total. The van der Waals surface area contributed by atoms with Gasteiger partial charge in [-0.2, -0.15) is 0 Å². The second-order valence-electron chi connectivity index (χ2n) is 7.44. The number of carbonyl (C=O) groups excluding carboxylic acids is 2. The van der Waals surface area contributed by atoms with Gasteiger partial charge in [0.25, 0.3) is 11.7 Å². The largest absolute Gasteiger partial charge is 0.507 e. The Labute approximate surface area is 191 Å². The second kappa shape index (κ2) is 8.89. The molecule has 6 heteroatoms. The minimum Gasteiger partial charge on any atom is -0.507 e. The van der Waals surface area contributed by atoms with E-state index in [0.29, 0.717) is 18.0 Å². The summed E-state index contributed by atoms with van der Waals surface area (Å²) in [5.41, 5.74) is 2.43. The highest BCUT2D eigenvalue weighted by atomic mass is 35.5. The summed E-state index contributed by atoms with van der Waals surface area (Å²) in [5.74, 6) is -1.30. The molecule has 0 saturated carbocycles. The number of aliphatic hydroxyl groups is 1. The zero-order valence-corrected chi connectivity index (χ0v) is 18.5. The molecule has 1 N–H and O–H groups in total. The van der Waals surface area contributed by atoms with Gasteiger partial charge in [-0.25, -0.2) is 0 Å². The summed E-state index contributed by atoms with van der Waals surface area (Å²) in [6, 6.07) is 20.5. The van der Waals surface area contributed by atoms with Crippen LogP contribution in [0.4, 0.5) is 5.69 Å². The minimum atomic E-state index is -0.801. The highest BCUT2D eigenvalue weighted by Gasteiger charge is 2.47. The van der Waals surface area contributed by atoms with Crippen LogP contribution in [0.1, 0.15) is 29.7 Å². The topological polar surface area (TPSA) is 66.8 Å². The van der Waals surface area contributed by atoms with Crippen molar-refractivity contribution >= 4 is 34.7 Å². The first kappa shape index (κ1) is 21.7. The number of amides is 1. The standard InChI is InChI=1S/C26H22ClNO4/c1-3-32-18-13-14-21(27)20(15-18)24(29)22-23(19-12-8-7-9-16(19)2)28(26(31)25(22)30)17-10-5-4-6-11-17/h4-15,23,29H,3H2,1-2H3/b24-22+. The predicted octanol–water partition coefficient (Wildman–Crippen LogP) is 5.67. The van der Waals surface area contributed by atoms with E-state index in [1.807, 2.05) is 44.2 Å². The van der Waals surface area contributed by atoms with Crippen molar-refractivity contribution in [3.8, 4) is 5.75 Å². The molecular formula is C26H22ClNO4. The van der Waals surface area contributed by atoms with Crippen LogP contribution < -0.4 is 9.64 Å². The van der Waals surface area contributed by atoms with E-state index >= 15 is 0 Å². The number of aliphatic hydroxyl groups excluding tert-OH is 1. The molecule has 0 aliphatic carbocycles. The predicted molar refractivity (Wildman–Crippen MR) is 125 cm³/mol. The Morgan fingerprint density at radius 2 is 1.72 bits per heavy atom. The fraction of sp³-hybridized carbons (Fsp3) is 0.154. The summed E-state index contributed by atoms with van der Waals surface area (Å²) in [6.07, 6.45) is 0. The molecular weight excluding hydrogens is 426 g/mol. The van der Waals surface area contributed by atoms with Crippen molar-refractivity contribution in [1.29, 1.82) is 0 Å². The van der Waals surface area contributed by atoms with Gasteiger partial charge in [0.2, 0.25) is 0 Å². The molecule has 1 heterocycles. The SMILES string of the molecule is CCOc1ccc(Cl)c(/C(O)=C2\C(=O)C(=O)N(c3ccccc3)C2c2ccccc2C)c1. The number of halogens is 1. The molecule has 1 aliphatic rings. The van der Waals surface area contributed by atoms with Gasteiger partial charge in [0.15, 0.2) is 0 Å². The highest BCUT2D eigenvalue weighted by Crippen LogP contribution is 2.44. The number of ketones is 1. The summed E-state index contributed by atoms with van der Waals surface area (Å²) in [6.45, 7) is 4.18. The van der Waals surface area contributed by atoms with E-state index in [2.05, 4.69) is 0 Å². The van der Waals surface area contributed by atoms with Gasteiger partial charge in [0.05, 0.1) is 23.2 Å². The van der Waals surface area contributed by atoms with Gasteiger partial charge in [0.1, 0.15) is 11.5 Å². The monoisotopic (exact) mass is 447 g/mol. The van der Waals surface area contributed by atoms with E-state index in [0.717, 1.165) is 11.1 Å². The van der Waals surface area contributed by atoms with Crippen molar-refractivity contribution in [2.45, 2.75) is 19.9 Å². The van der Waals surface area contributed by atoms with Crippen LogP contribution in [-0.2, 0) is 9.59 Å². The van der Waals surface area contributed by atoms with Crippen LogP contribution in [0.25, 0.3) is 5.76 Å². The Balaban J connectivity index is 1.97. The fourth-order valence-corrected chi connectivity index (χ4v) is 4.17. The van der Waals surface area contributed by atoms with Gasteiger partial charge in [-0.15, -0.1) is 0 Å². The van der Waals surface area contributed by atoms with Crippen molar-refractivity contribution in [1.82, 2.24) is 0 Å². The Bertz CT molecular complexity index is 1220. The quantitative estimate of drug-likeness (QED) is 0.310. The van der Waals surface area contributed by atoms with Gasteiger partial charge in [-0.05, 0) is 55.3 Å². The van der Waals surface area contributed by atoms with E-state index in [-0.39, 0.29) is 21.9 Å². The van der Waals surface area contributed by atoms with Gasteiger partial charge < -0.3 is 9.84 Å². The molecule has 0 radical (unpaired) electrons. The van der Waals surface area contributed by atoms with E-state index < -0.39 is 17.7 Å². The molecule has 3 aromatic rings. The van der Waals surface area contributed by atoms with Crippen LogP contribution >= 0.6 is 11.6 Å². The number of hydrogen-bond donors (Lipinski definition) is 1. The highest BCUT2D eigenvalue weighted by molar-refractivity contribution is 6.52. The second-order valence-corrected chi connectivity index (χ2v) is 7.84. The lowest BCUT2D eigenvalue weighted by Crippen LogP contribution is -2.29. The number of aryl methyl sites for hydroxylation is 1. The van der Waals surface area contributed by atoms with E-state index in [1.165, 1.54) is 4.90 Å². The molecule has 0 spiro atoms. The molecule has 1 fully saturated rings. The molecule has 1 amide bonds. The van der Waals surface area contributed by atoms with Gasteiger partial charge in [0, 0.05) is 11.3 Å². The van der Waals surface area contributed by atoms with Gasteiger partial charge >= 0.3 is 0 Å². The van der Waals surface area contributed by atoms with Crippen LogP contribution in [0.3, 0.4) is 0 Å². The third-order valence-corrected chi connectivity index (χ3v) is 5.80. The Morgan fingerprint density at radius 3 is 2.41 bits per heavy atom. The van der Waals surface area contributed by atoms with Crippen molar-refractivity contribution in [3.63, 3.8) is 0 Å². The number of ether oxygens (including phenoxy) is 1. The first-order valence-corrected chi connectivity index (χ1v) is 10.7. The lowest BCUT2D eigenvalue weighted by Gasteiger charge is -2.26. The third kappa shape index (κ3) is 3.76. The molecule has 3 aromatic carbocycles. The number of benzene rings is 3. The maximum Gasteiger partial charge on any atom is 0.300 e. The molecule has 1 aliphatic heterocycles. The van der Waals surface area contributed by atoms with Gasteiger partial charge in [-0.1, -0.05) is 54.1 Å². The molecule has 1 unspecified atom stereocenters. The van der Waals surface area contributed by atoms with Crippen molar-refractivity contribution < 1.29 is 19.4 Å². The van der Waals surface area contributed by atoms with Crippen LogP contribution in [-0.4, -0.2) is 23.4 Å². The van der Waals surface area contributed by atoms with Crippen molar-refractivity contribution in [2.75, 3.05) is 11.5 Å². The van der Waals surface area contributed by atoms with E-state index in [1.54, 1.807) is 42.5 Å². The molecule has 4 rings (SSSR count). The van der Waals surface area contributed by atoms with Crippen molar-refractivity contribution in [2.24, 2.45) is 0 Å². The summed E-state index contributed by atoms with van der Waals surface area (Å²) in [4.78, 5) is 27.8. The summed E-state index contributed by atoms with van der Waals surface area (Å²) < 4.78 is 5.53. The molecule has 0 bridgehead atoms. The zero-order chi connectivity index (χ0) is 22.8. The summed E-state index contributed by atoms with van der Waals surface area (Å²) >= 11 is 6.37. The van der Waals surface area contributed by atoms with Crippen LogP contribution in [0.15, 0.2) is 78.4 Å². The average molecular weight is 448 g/mol. The number of carbonyl (C=O) groups is 2. The smallest absolute Gasteiger partial charge is 0.300 e. The summed E-state index contributed by atoms with van der Waals surface area (Å²) in [5, 5.41) is 11.6. The molecule has 32 heavy (non-hydrogen) atoms. The van der Waals surface area contributed by atoms with E-state index in [9.17, 15) is 14.7 Å². The number of rotatable bonds is 5. The van der Waals surface area contributed by atoms with E-state index in [4.69, 9.17) is 16.3 Å². The molecule has 1 saturated heterocycles. The Kier molecular flexibility index (Phi) is 6.01. The number of hydrogen-bond acceptors (Lipinski definition) is 4. The summed E-state index contributed by atoms with van der Waals surface area (Å²) in [7, 11) is 0. The first-order chi connectivity index (χ1) is 15.4. The maximum absolute atomic E-state index is 13.2. The average Bonchev–Trinajstić information content (AvgIpc) is 3.06. The van der Waals surface area contributed by atoms with Crippen LogP contribution in [0, 0.1) is 6.92 Å². The van der Waals surface area contributed by atoms with Crippen LogP contribution in [0.5, 0.6) is 5.75 Å².